The number of nitrogens with one attached hydrogen (secondary N) is 1. The zero-order chi connectivity index (χ0) is 13.9. The van der Waals surface area contributed by atoms with Gasteiger partial charge in [0.2, 0.25) is 0 Å². The monoisotopic (exact) mass is 266 g/mol. The molecular weight excluding hydrogens is 232 g/mol. The first-order valence-corrected chi connectivity index (χ1v) is 8.56. The van der Waals surface area contributed by atoms with Crippen LogP contribution in [0.3, 0.4) is 0 Å². The fourth-order valence-electron chi connectivity index (χ4n) is 4.44. The fraction of sp³-hybridized carbons (Fsp3) is 1.00. The largest absolute Gasteiger partial charge is 0.313 e. The minimum Gasteiger partial charge on any atom is -0.313 e. The van der Waals surface area contributed by atoms with Crippen LogP contribution in [0.1, 0.15) is 66.2 Å². The molecule has 19 heavy (non-hydrogen) atoms. The summed E-state index contributed by atoms with van der Waals surface area (Å²) in [5, 5.41) is 3.78. The van der Waals surface area contributed by atoms with E-state index in [2.05, 4.69) is 37.9 Å². The molecule has 0 aromatic rings. The molecule has 0 radical (unpaired) electrons. The summed E-state index contributed by atoms with van der Waals surface area (Å²) in [5.41, 5.74) is 0.484. The second-order valence-corrected chi connectivity index (χ2v) is 7.38. The quantitative estimate of drug-likeness (QED) is 0.817. The smallest absolute Gasteiger partial charge is 0.0159 e. The normalized spacial score (nSPS) is 35.7. The van der Waals surface area contributed by atoms with Gasteiger partial charge in [-0.05, 0) is 56.5 Å². The Kier molecular flexibility index (Phi) is 5.30. The van der Waals surface area contributed by atoms with Crippen LogP contribution in [0.15, 0.2) is 0 Å². The highest BCUT2D eigenvalue weighted by molar-refractivity contribution is 4.97. The zero-order valence-electron chi connectivity index (χ0n) is 13.5. The second-order valence-electron chi connectivity index (χ2n) is 7.38. The fourth-order valence-corrected chi connectivity index (χ4v) is 4.44. The van der Waals surface area contributed by atoms with E-state index in [1.807, 2.05) is 0 Å². The number of nitrogens with zero attached hydrogens (tertiary/aromatic N) is 1. The van der Waals surface area contributed by atoms with Gasteiger partial charge in [0.15, 0.2) is 0 Å². The van der Waals surface area contributed by atoms with Crippen molar-refractivity contribution >= 4 is 0 Å². The third-order valence-electron chi connectivity index (χ3n) is 5.59. The van der Waals surface area contributed by atoms with E-state index in [9.17, 15) is 0 Å². The van der Waals surface area contributed by atoms with E-state index >= 15 is 0 Å². The van der Waals surface area contributed by atoms with Gasteiger partial charge >= 0.3 is 0 Å². The molecule has 2 rings (SSSR count). The first-order valence-electron chi connectivity index (χ1n) is 8.56. The van der Waals surface area contributed by atoms with Crippen LogP contribution in [-0.4, -0.2) is 36.6 Å². The maximum Gasteiger partial charge on any atom is 0.0159 e. The van der Waals surface area contributed by atoms with E-state index < -0.39 is 0 Å². The number of likely N-dealkylation sites (tertiary alicyclic amines) is 1. The lowest BCUT2D eigenvalue weighted by molar-refractivity contribution is 0.107. The van der Waals surface area contributed by atoms with Gasteiger partial charge in [0.1, 0.15) is 0 Å². The van der Waals surface area contributed by atoms with Crippen molar-refractivity contribution in [2.24, 2.45) is 11.3 Å². The number of hydrogen-bond acceptors (Lipinski definition) is 2. The minimum absolute atomic E-state index is 0.484. The summed E-state index contributed by atoms with van der Waals surface area (Å²) in [6.45, 7) is 13.3. The molecular formula is C17H34N2. The lowest BCUT2D eigenvalue weighted by Crippen LogP contribution is -2.48. The molecule has 2 fully saturated rings. The van der Waals surface area contributed by atoms with E-state index in [0.717, 1.165) is 24.5 Å². The van der Waals surface area contributed by atoms with Gasteiger partial charge in [0, 0.05) is 18.6 Å². The Morgan fingerprint density at radius 1 is 1.16 bits per heavy atom. The van der Waals surface area contributed by atoms with Crippen LogP contribution in [0.4, 0.5) is 0 Å². The average molecular weight is 266 g/mol. The van der Waals surface area contributed by atoms with Crippen molar-refractivity contribution in [2.45, 2.75) is 78.3 Å². The van der Waals surface area contributed by atoms with Crippen LogP contribution in [-0.2, 0) is 0 Å². The Morgan fingerprint density at radius 2 is 1.95 bits per heavy atom. The van der Waals surface area contributed by atoms with Crippen molar-refractivity contribution in [1.29, 1.82) is 0 Å². The Balaban J connectivity index is 1.97. The van der Waals surface area contributed by atoms with Crippen LogP contribution in [0.5, 0.6) is 0 Å². The maximum atomic E-state index is 3.78. The summed E-state index contributed by atoms with van der Waals surface area (Å²) < 4.78 is 0. The second kappa shape index (κ2) is 6.58. The average Bonchev–Trinajstić information content (AvgIpc) is 2.67. The lowest BCUT2D eigenvalue weighted by Gasteiger charge is -2.39. The summed E-state index contributed by atoms with van der Waals surface area (Å²) in [4.78, 5) is 2.81. The van der Waals surface area contributed by atoms with Crippen LogP contribution in [0, 0.1) is 11.3 Å². The molecule has 112 valence electrons. The van der Waals surface area contributed by atoms with Crippen LogP contribution >= 0.6 is 0 Å². The van der Waals surface area contributed by atoms with E-state index in [1.54, 1.807) is 0 Å². The van der Waals surface area contributed by atoms with Gasteiger partial charge < -0.3 is 10.2 Å². The molecule has 1 N–H and O–H groups in total. The summed E-state index contributed by atoms with van der Waals surface area (Å²) in [6.07, 6.45) is 8.43. The highest BCUT2D eigenvalue weighted by atomic mass is 15.2. The highest BCUT2D eigenvalue weighted by Gasteiger charge is 2.42. The summed E-state index contributed by atoms with van der Waals surface area (Å²) >= 11 is 0. The molecule has 3 atom stereocenters. The molecule has 0 amide bonds. The molecule has 1 saturated carbocycles. The summed E-state index contributed by atoms with van der Waals surface area (Å²) in [7, 11) is 0. The van der Waals surface area contributed by atoms with Gasteiger partial charge in [0.25, 0.3) is 0 Å². The Labute approximate surface area is 120 Å². The molecule has 0 bridgehead atoms. The standard InChI is InChI=1S/C17H34N2/c1-5-15-9-7-8-12-19(15)13-14-10-11-17(3,4)16(14)18-6-2/h14-16,18H,5-13H2,1-4H3. The van der Waals surface area contributed by atoms with Gasteiger partial charge in [-0.25, -0.2) is 0 Å². The molecule has 0 aromatic carbocycles. The Hall–Kier alpha value is -0.0800. The summed E-state index contributed by atoms with van der Waals surface area (Å²) in [5.74, 6) is 0.863. The molecule has 2 nitrogen and oxygen atoms in total. The molecule has 0 aromatic heterocycles. The van der Waals surface area contributed by atoms with Crippen molar-refractivity contribution < 1.29 is 0 Å². The topological polar surface area (TPSA) is 15.3 Å². The number of piperidine rings is 1. The molecule has 1 heterocycles. The molecule has 1 aliphatic heterocycles. The molecule has 1 saturated heterocycles. The van der Waals surface area contributed by atoms with Crippen molar-refractivity contribution in [1.82, 2.24) is 10.2 Å². The SMILES string of the molecule is CCNC1C(CN2CCCCC2CC)CCC1(C)C. The third kappa shape index (κ3) is 3.52. The van der Waals surface area contributed by atoms with Crippen LogP contribution < -0.4 is 5.32 Å². The molecule has 1 aliphatic carbocycles. The van der Waals surface area contributed by atoms with E-state index in [4.69, 9.17) is 0 Å². The van der Waals surface area contributed by atoms with E-state index in [0.29, 0.717) is 5.41 Å². The minimum atomic E-state index is 0.484. The number of hydrogen-bond donors (Lipinski definition) is 1. The van der Waals surface area contributed by atoms with Crippen molar-refractivity contribution in [2.75, 3.05) is 19.6 Å². The van der Waals surface area contributed by atoms with Crippen molar-refractivity contribution in [3.05, 3.63) is 0 Å². The first kappa shape index (κ1) is 15.3. The zero-order valence-corrected chi connectivity index (χ0v) is 13.5. The van der Waals surface area contributed by atoms with Gasteiger partial charge in [-0.3, -0.25) is 0 Å². The van der Waals surface area contributed by atoms with Crippen LogP contribution in [0.2, 0.25) is 0 Å². The Morgan fingerprint density at radius 3 is 2.63 bits per heavy atom. The molecule has 3 unspecified atom stereocenters. The van der Waals surface area contributed by atoms with Gasteiger partial charge in [0.05, 0.1) is 0 Å². The predicted octanol–water partition coefficient (Wildman–Crippen LogP) is 3.67. The number of rotatable bonds is 5. The molecule has 0 spiro atoms. The van der Waals surface area contributed by atoms with Gasteiger partial charge in [-0.15, -0.1) is 0 Å². The first-order chi connectivity index (χ1) is 9.08. The van der Waals surface area contributed by atoms with E-state index in [-0.39, 0.29) is 0 Å². The van der Waals surface area contributed by atoms with Gasteiger partial charge in [-0.2, -0.15) is 0 Å². The van der Waals surface area contributed by atoms with Gasteiger partial charge in [-0.1, -0.05) is 34.1 Å². The predicted molar refractivity (Wildman–Crippen MR) is 83.5 cm³/mol. The molecule has 2 aliphatic rings. The third-order valence-corrected chi connectivity index (χ3v) is 5.59. The lowest BCUT2D eigenvalue weighted by atomic mass is 9.84. The van der Waals surface area contributed by atoms with Crippen molar-refractivity contribution in [3.63, 3.8) is 0 Å². The van der Waals surface area contributed by atoms with E-state index in [1.165, 1.54) is 51.6 Å². The molecule has 2 heteroatoms. The summed E-state index contributed by atoms with van der Waals surface area (Å²) in [6, 6.07) is 1.58. The maximum absolute atomic E-state index is 3.78. The van der Waals surface area contributed by atoms with Crippen LogP contribution in [0.25, 0.3) is 0 Å². The van der Waals surface area contributed by atoms with Crippen molar-refractivity contribution in [3.8, 4) is 0 Å². The Bertz CT molecular complexity index is 274. The highest BCUT2D eigenvalue weighted by Crippen LogP contribution is 2.42.